The minimum Gasteiger partial charge on any atom is -0.462 e. The van der Waals surface area contributed by atoms with Crippen molar-refractivity contribution in [1.29, 1.82) is 0 Å². The predicted molar refractivity (Wildman–Crippen MR) is 273 cm³/mol. The van der Waals surface area contributed by atoms with Crippen LogP contribution in [0.5, 0.6) is 0 Å². The number of allylic oxidation sites excluding steroid dienone is 8. The van der Waals surface area contributed by atoms with Crippen LogP contribution < -0.4 is 5.32 Å². The van der Waals surface area contributed by atoms with Crippen molar-refractivity contribution in [3.63, 3.8) is 0 Å². The first-order valence-electron chi connectivity index (χ1n) is 27.4. The number of carbonyl (C=O) groups is 2. The van der Waals surface area contributed by atoms with Crippen molar-refractivity contribution in [2.24, 2.45) is 0 Å². The molecule has 0 saturated heterocycles. The Kier molecular flexibility index (Phi) is 49.1. The van der Waals surface area contributed by atoms with Crippen molar-refractivity contribution < 1.29 is 24.5 Å². The highest BCUT2D eigenvalue weighted by Crippen LogP contribution is 2.18. The lowest BCUT2D eigenvalue weighted by molar-refractivity contribution is -0.151. The van der Waals surface area contributed by atoms with Crippen LogP contribution in [0.2, 0.25) is 0 Å². The molecule has 63 heavy (non-hydrogen) atoms. The Bertz CT molecular complexity index is 1080. The van der Waals surface area contributed by atoms with Gasteiger partial charge < -0.3 is 20.3 Å². The van der Waals surface area contributed by atoms with Crippen LogP contribution in [0.3, 0.4) is 0 Å². The lowest BCUT2D eigenvalue weighted by atomic mass is 10.0. The van der Waals surface area contributed by atoms with Crippen LogP contribution in [0.1, 0.15) is 278 Å². The third-order valence-electron chi connectivity index (χ3n) is 12.4. The van der Waals surface area contributed by atoms with Crippen LogP contribution in [-0.2, 0) is 14.3 Å². The topological polar surface area (TPSA) is 95.9 Å². The molecule has 3 unspecified atom stereocenters. The lowest BCUT2D eigenvalue weighted by Crippen LogP contribution is -2.46. The van der Waals surface area contributed by atoms with Gasteiger partial charge in [0.05, 0.1) is 25.2 Å². The summed E-state index contributed by atoms with van der Waals surface area (Å²) in [6.07, 6.45) is 61.8. The average Bonchev–Trinajstić information content (AvgIpc) is 3.28. The molecule has 0 aromatic rings. The Hall–Kier alpha value is -2.18. The van der Waals surface area contributed by atoms with Gasteiger partial charge in [-0.1, -0.05) is 243 Å². The molecule has 0 spiro atoms. The summed E-state index contributed by atoms with van der Waals surface area (Å²) in [6.45, 7) is 6.45. The summed E-state index contributed by atoms with van der Waals surface area (Å²) in [5.41, 5.74) is 0. The Morgan fingerprint density at radius 1 is 0.460 bits per heavy atom. The first-order valence-corrected chi connectivity index (χ1v) is 27.4. The Balaban J connectivity index is 4.59. The van der Waals surface area contributed by atoms with Crippen LogP contribution in [-0.4, -0.2) is 46.9 Å². The summed E-state index contributed by atoms with van der Waals surface area (Å²) in [4.78, 5) is 26.2. The van der Waals surface area contributed by atoms with E-state index in [1.54, 1.807) is 0 Å². The number of aliphatic hydroxyl groups is 2. The molecule has 0 aromatic heterocycles. The molecule has 0 fully saturated rings. The van der Waals surface area contributed by atoms with E-state index in [1.807, 2.05) is 0 Å². The van der Waals surface area contributed by atoms with Crippen LogP contribution in [0.25, 0.3) is 0 Å². The number of carbonyl (C=O) groups excluding carboxylic acids is 2. The van der Waals surface area contributed by atoms with E-state index < -0.39 is 18.2 Å². The summed E-state index contributed by atoms with van der Waals surface area (Å²) < 4.78 is 5.94. The van der Waals surface area contributed by atoms with Crippen molar-refractivity contribution in [2.75, 3.05) is 6.61 Å². The molecular weight excluding hydrogens is 779 g/mol. The van der Waals surface area contributed by atoms with Gasteiger partial charge in [-0.15, -0.1) is 0 Å². The van der Waals surface area contributed by atoms with Crippen LogP contribution in [0.4, 0.5) is 0 Å². The summed E-state index contributed by atoms with van der Waals surface area (Å²) >= 11 is 0. The second-order valence-electron chi connectivity index (χ2n) is 18.6. The van der Waals surface area contributed by atoms with Crippen molar-refractivity contribution in [3.8, 4) is 0 Å². The molecule has 3 N–H and O–H groups in total. The Morgan fingerprint density at radius 2 is 0.810 bits per heavy atom. The quantitative estimate of drug-likeness (QED) is 0.0321. The van der Waals surface area contributed by atoms with Gasteiger partial charge in [-0.3, -0.25) is 9.59 Å². The van der Waals surface area contributed by atoms with Gasteiger partial charge in [0.2, 0.25) is 5.91 Å². The Morgan fingerprint density at radius 3 is 1.24 bits per heavy atom. The molecule has 3 atom stereocenters. The van der Waals surface area contributed by atoms with Gasteiger partial charge in [0.1, 0.15) is 6.10 Å². The third kappa shape index (κ3) is 46.2. The SMILES string of the molecule is CCCCC/C=C\C/C=C\C/C=C\C/C=C\CCCCCC(=O)OC(CCCCCCCCCCCCCCCCCC)CC(=O)NC(CO)C(O)CCCCCCCCCCC. The lowest BCUT2D eigenvalue weighted by Gasteiger charge is -2.24. The minimum atomic E-state index is -0.791. The highest BCUT2D eigenvalue weighted by Gasteiger charge is 2.24. The molecule has 6 heteroatoms. The van der Waals surface area contributed by atoms with Gasteiger partial charge in [0.15, 0.2) is 0 Å². The normalized spacial score (nSPS) is 13.5. The summed E-state index contributed by atoms with van der Waals surface area (Å²) in [7, 11) is 0. The van der Waals surface area contributed by atoms with E-state index in [-0.39, 0.29) is 24.9 Å². The second-order valence-corrected chi connectivity index (χ2v) is 18.6. The molecule has 1 amide bonds. The molecule has 0 aromatic carbocycles. The van der Waals surface area contributed by atoms with E-state index in [2.05, 4.69) is 74.7 Å². The number of esters is 1. The van der Waals surface area contributed by atoms with Crippen molar-refractivity contribution in [1.82, 2.24) is 5.32 Å². The molecule has 0 heterocycles. The largest absolute Gasteiger partial charge is 0.462 e. The fraction of sp³-hybridized carbons (Fsp3) is 0.825. The number of unbranched alkanes of at least 4 members (excludes halogenated alkanes) is 29. The first kappa shape index (κ1) is 60.8. The fourth-order valence-electron chi connectivity index (χ4n) is 8.24. The summed E-state index contributed by atoms with van der Waals surface area (Å²) in [5, 5.41) is 23.7. The summed E-state index contributed by atoms with van der Waals surface area (Å²) in [5.74, 6) is -0.500. The third-order valence-corrected chi connectivity index (χ3v) is 12.4. The van der Waals surface area contributed by atoms with E-state index >= 15 is 0 Å². The smallest absolute Gasteiger partial charge is 0.306 e. The van der Waals surface area contributed by atoms with Crippen molar-refractivity contribution in [3.05, 3.63) is 48.6 Å². The Labute approximate surface area is 391 Å². The number of hydrogen-bond donors (Lipinski definition) is 3. The number of rotatable bonds is 49. The highest BCUT2D eigenvalue weighted by molar-refractivity contribution is 5.77. The molecule has 0 aliphatic rings. The maximum absolute atomic E-state index is 13.2. The van der Waals surface area contributed by atoms with E-state index in [0.717, 1.165) is 77.0 Å². The maximum Gasteiger partial charge on any atom is 0.306 e. The van der Waals surface area contributed by atoms with E-state index in [4.69, 9.17) is 4.74 Å². The fourth-order valence-corrected chi connectivity index (χ4v) is 8.24. The van der Waals surface area contributed by atoms with Gasteiger partial charge in [0, 0.05) is 6.42 Å². The van der Waals surface area contributed by atoms with E-state index in [0.29, 0.717) is 19.3 Å². The van der Waals surface area contributed by atoms with Gasteiger partial charge >= 0.3 is 5.97 Å². The molecule has 0 saturated carbocycles. The summed E-state index contributed by atoms with van der Waals surface area (Å²) in [6, 6.07) is -0.705. The van der Waals surface area contributed by atoms with E-state index in [9.17, 15) is 19.8 Å². The van der Waals surface area contributed by atoms with Gasteiger partial charge in [0.25, 0.3) is 0 Å². The molecule has 0 bridgehead atoms. The maximum atomic E-state index is 13.2. The number of amides is 1. The van der Waals surface area contributed by atoms with Crippen LogP contribution in [0, 0.1) is 0 Å². The number of aliphatic hydroxyl groups excluding tert-OH is 2. The van der Waals surface area contributed by atoms with Gasteiger partial charge in [-0.05, 0) is 70.6 Å². The molecule has 0 aliphatic carbocycles. The number of ether oxygens (including phenoxy) is 1. The average molecular weight is 884 g/mol. The number of hydrogen-bond acceptors (Lipinski definition) is 5. The zero-order valence-electron chi connectivity index (χ0n) is 42.0. The van der Waals surface area contributed by atoms with Crippen molar-refractivity contribution in [2.45, 2.75) is 296 Å². The zero-order chi connectivity index (χ0) is 45.9. The highest BCUT2D eigenvalue weighted by atomic mass is 16.5. The predicted octanol–water partition coefficient (Wildman–Crippen LogP) is 16.6. The van der Waals surface area contributed by atoms with Gasteiger partial charge in [-0.2, -0.15) is 0 Å². The number of nitrogens with one attached hydrogen (secondary N) is 1. The molecule has 0 aliphatic heterocycles. The van der Waals surface area contributed by atoms with Crippen molar-refractivity contribution >= 4 is 11.9 Å². The molecule has 0 rings (SSSR count). The van der Waals surface area contributed by atoms with Crippen LogP contribution >= 0.6 is 0 Å². The first-order chi connectivity index (χ1) is 31.0. The molecular formula is C57H105NO5. The second kappa shape index (κ2) is 50.8. The van der Waals surface area contributed by atoms with Gasteiger partial charge in [-0.25, -0.2) is 0 Å². The minimum absolute atomic E-state index is 0.0673. The monoisotopic (exact) mass is 884 g/mol. The zero-order valence-corrected chi connectivity index (χ0v) is 42.0. The molecule has 6 nitrogen and oxygen atoms in total. The van der Waals surface area contributed by atoms with Crippen LogP contribution in [0.15, 0.2) is 48.6 Å². The standard InChI is InChI=1S/C57H105NO5/c1-4-7-10-13-16-19-21-23-25-27-28-29-31-33-35-38-41-44-47-50-57(62)63-53(48-45-42-39-37-34-32-30-26-24-22-20-17-14-11-8-5-2)51-56(61)58-54(52-59)55(60)49-46-43-40-36-18-15-12-9-6-3/h16,19,23,25,28-29,33,35,53-55,59-60H,4-15,17-18,20-22,24,26-27,30-32,34,36-52H2,1-3H3,(H,58,61)/b19-16-,25-23-,29-28-,35-33-. The molecule has 0 radical (unpaired) electrons. The van der Waals surface area contributed by atoms with E-state index in [1.165, 1.54) is 154 Å². The molecule has 368 valence electrons.